The monoisotopic (exact) mass is 434 g/mol. The first-order valence-electron chi connectivity index (χ1n) is 11.4. The van der Waals surface area contributed by atoms with Gasteiger partial charge in [0.2, 0.25) is 0 Å². The molecule has 3 aromatic rings. The second-order valence-electron chi connectivity index (χ2n) is 9.39. The minimum absolute atomic E-state index is 0.0244. The average molecular weight is 435 g/mol. The number of aromatic hydroxyl groups is 1. The molecule has 1 fully saturated rings. The van der Waals surface area contributed by atoms with Crippen molar-refractivity contribution in [2.24, 2.45) is 0 Å². The highest BCUT2D eigenvalue weighted by atomic mass is 16.5. The molecule has 0 spiro atoms. The summed E-state index contributed by atoms with van der Waals surface area (Å²) in [6, 6.07) is 9.50. The fourth-order valence-electron chi connectivity index (χ4n) is 4.74. The van der Waals surface area contributed by atoms with E-state index in [9.17, 15) is 9.90 Å². The van der Waals surface area contributed by atoms with Crippen molar-refractivity contribution in [1.29, 1.82) is 0 Å². The van der Waals surface area contributed by atoms with E-state index in [2.05, 4.69) is 48.1 Å². The Kier molecular flexibility index (Phi) is 5.29. The summed E-state index contributed by atoms with van der Waals surface area (Å²) in [5, 5.41) is 18.7. The molecule has 7 nitrogen and oxygen atoms in total. The Balaban J connectivity index is 1.34. The van der Waals surface area contributed by atoms with Gasteiger partial charge in [0.05, 0.1) is 16.8 Å². The largest absolute Gasteiger partial charge is 0.507 e. The van der Waals surface area contributed by atoms with Gasteiger partial charge in [-0.25, -0.2) is 0 Å². The number of rotatable bonds is 4. The molecule has 1 aromatic heterocycles. The normalized spacial score (nSPS) is 17.3. The highest BCUT2D eigenvalue weighted by Crippen LogP contribution is 2.33. The molecule has 32 heavy (non-hydrogen) atoms. The molecule has 0 radical (unpaired) electrons. The number of amides is 1. The lowest BCUT2D eigenvalue weighted by Gasteiger charge is -2.29. The number of fused-ring (bicyclic) bond motifs is 2. The predicted octanol–water partition coefficient (Wildman–Crippen LogP) is 4.02. The highest BCUT2D eigenvalue weighted by molar-refractivity contribution is 6.01. The molecule has 0 unspecified atom stereocenters. The number of likely N-dealkylation sites (tertiary alicyclic amines) is 1. The highest BCUT2D eigenvalue weighted by Gasteiger charge is 2.28. The molecule has 2 aliphatic heterocycles. The van der Waals surface area contributed by atoms with Crippen molar-refractivity contribution in [3.05, 3.63) is 52.7 Å². The number of carbonyl (C=O) groups is 1. The SMILES string of the molecule is CC(C)c1n[nH]c2cc(O)c(C(=O)N3Cc4ccc(OC5CCN(C)CC5)cc4C3)cc12. The Morgan fingerprint density at radius 1 is 1.16 bits per heavy atom. The third-order valence-electron chi connectivity index (χ3n) is 6.64. The first-order valence-corrected chi connectivity index (χ1v) is 11.4. The van der Waals surface area contributed by atoms with Crippen LogP contribution >= 0.6 is 0 Å². The zero-order valence-electron chi connectivity index (χ0n) is 18.9. The lowest BCUT2D eigenvalue weighted by molar-refractivity contribution is 0.0748. The van der Waals surface area contributed by atoms with Crippen molar-refractivity contribution in [1.82, 2.24) is 20.0 Å². The van der Waals surface area contributed by atoms with Gasteiger partial charge in [0.1, 0.15) is 17.6 Å². The zero-order valence-corrected chi connectivity index (χ0v) is 18.9. The van der Waals surface area contributed by atoms with E-state index < -0.39 is 0 Å². The second kappa shape index (κ2) is 8.13. The fraction of sp³-hybridized carbons (Fsp3) is 0.440. The van der Waals surface area contributed by atoms with Gasteiger partial charge >= 0.3 is 0 Å². The van der Waals surface area contributed by atoms with Crippen LogP contribution in [0.15, 0.2) is 30.3 Å². The van der Waals surface area contributed by atoms with Crippen LogP contribution in [0.4, 0.5) is 0 Å². The van der Waals surface area contributed by atoms with Gasteiger partial charge in [-0.15, -0.1) is 0 Å². The number of aromatic amines is 1. The number of phenolic OH excluding ortho intramolecular Hbond substituents is 1. The Morgan fingerprint density at radius 2 is 1.91 bits per heavy atom. The second-order valence-corrected chi connectivity index (χ2v) is 9.39. The van der Waals surface area contributed by atoms with Crippen LogP contribution in [-0.2, 0) is 13.1 Å². The molecule has 3 heterocycles. The molecule has 0 aliphatic carbocycles. The van der Waals surface area contributed by atoms with E-state index in [0.717, 1.165) is 59.4 Å². The minimum Gasteiger partial charge on any atom is -0.507 e. The van der Waals surface area contributed by atoms with Gasteiger partial charge < -0.3 is 19.6 Å². The van der Waals surface area contributed by atoms with Gasteiger partial charge in [0.15, 0.2) is 0 Å². The van der Waals surface area contributed by atoms with E-state index in [0.29, 0.717) is 18.7 Å². The summed E-state index contributed by atoms with van der Waals surface area (Å²) in [5.74, 6) is 0.894. The molecule has 0 saturated carbocycles. The van der Waals surface area contributed by atoms with Crippen LogP contribution < -0.4 is 4.74 Å². The van der Waals surface area contributed by atoms with Gasteiger partial charge in [-0.05, 0) is 55.1 Å². The number of nitrogens with zero attached hydrogens (tertiary/aromatic N) is 3. The van der Waals surface area contributed by atoms with E-state index >= 15 is 0 Å². The summed E-state index contributed by atoms with van der Waals surface area (Å²) in [5.41, 5.74) is 4.19. The summed E-state index contributed by atoms with van der Waals surface area (Å²) in [6.45, 7) is 7.28. The van der Waals surface area contributed by atoms with Crippen LogP contribution in [0.3, 0.4) is 0 Å². The molecule has 168 valence electrons. The lowest BCUT2D eigenvalue weighted by Crippen LogP contribution is -2.35. The summed E-state index contributed by atoms with van der Waals surface area (Å²) < 4.78 is 6.22. The number of hydrogen-bond donors (Lipinski definition) is 2. The maximum atomic E-state index is 13.3. The molecule has 2 aliphatic rings. The van der Waals surface area contributed by atoms with Crippen LogP contribution in [0, 0.1) is 0 Å². The van der Waals surface area contributed by atoms with Crippen LogP contribution in [0.1, 0.15) is 59.8 Å². The fourth-order valence-corrected chi connectivity index (χ4v) is 4.74. The molecule has 1 saturated heterocycles. The molecule has 2 N–H and O–H groups in total. The smallest absolute Gasteiger partial charge is 0.258 e. The van der Waals surface area contributed by atoms with Crippen molar-refractivity contribution in [3.63, 3.8) is 0 Å². The topological polar surface area (TPSA) is 81.7 Å². The van der Waals surface area contributed by atoms with Crippen LogP contribution in [0.5, 0.6) is 11.5 Å². The first-order chi connectivity index (χ1) is 15.4. The van der Waals surface area contributed by atoms with Gasteiger partial charge in [-0.1, -0.05) is 19.9 Å². The van der Waals surface area contributed by atoms with Crippen LogP contribution in [0.2, 0.25) is 0 Å². The molecule has 1 amide bonds. The van der Waals surface area contributed by atoms with Crippen molar-refractivity contribution in [2.45, 2.75) is 51.8 Å². The maximum Gasteiger partial charge on any atom is 0.258 e. The Morgan fingerprint density at radius 3 is 2.66 bits per heavy atom. The molecule has 0 bridgehead atoms. The summed E-state index contributed by atoms with van der Waals surface area (Å²) >= 11 is 0. The number of ether oxygens (including phenoxy) is 1. The summed E-state index contributed by atoms with van der Waals surface area (Å²) in [7, 11) is 2.14. The van der Waals surface area contributed by atoms with E-state index in [4.69, 9.17) is 4.74 Å². The van der Waals surface area contributed by atoms with E-state index in [1.165, 1.54) is 0 Å². The number of carbonyl (C=O) groups excluding carboxylic acids is 1. The van der Waals surface area contributed by atoms with E-state index in [-0.39, 0.29) is 23.7 Å². The van der Waals surface area contributed by atoms with Gasteiger partial charge in [-0.2, -0.15) is 5.10 Å². The van der Waals surface area contributed by atoms with E-state index in [1.54, 1.807) is 17.0 Å². The number of hydrogen-bond acceptors (Lipinski definition) is 5. The third-order valence-corrected chi connectivity index (χ3v) is 6.64. The predicted molar refractivity (Wildman–Crippen MR) is 123 cm³/mol. The quantitative estimate of drug-likeness (QED) is 0.648. The number of benzene rings is 2. The number of H-pyrrole nitrogens is 1. The number of piperidine rings is 1. The summed E-state index contributed by atoms with van der Waals surface area (Å²) in [6.07, 6.45) is 2.32. The van der Waals surface area contributed by atoms with Gasteiger partial charge in [0.25, 0.3) is 5.91 Å². The third kappa shape index (κ3) is 3.81. The summed E-state index contributed by atoms with van der Waals surface area (Å²) in [4.78, 5) is 17.4. The zero-order chi connectivity index (χ0) is 22.4. The molecular formula is C25H30N4O3. The lowest BCUT2D eigenvalue weighted by atomic mass is 10.0. The maximum absolute atomic E-state index is 13.3. The number of nitrogens with one attached hydrogen (secondary N) is 1. The Bertz CT molecular complexity index is 1160. The standard InChI is InChI=1S/C25H30N4O3/c1-15(2)24-20-11-21(23(30)12-22(20)26-27-24)25(31)29-13-16-4-5-19(10-17(16)14-29)32-18-6-8-28(3)9-7-18/h4-5,10-12,15,18,30H,6-9,13-14H2,1-3H3,(H,26,27). The minimum atomic E-state index is -0.172. The average Bonchev–Trinajstić information content (AvgIpc) is 3.37. The molecule has 7 heteroatoms. The number of phenols is 1. The van der Waals surface area contributed by atoms with Crippen molar-refractivity contribution < 1.29 is 14.6 Å². The molecule has 0 atom stereocenters. The molecule has 2 aromatic carbocycles. The Labute approximate surface area is 188 Å². The van der Waals surface area contributed by atoms with E-state index in [1.807, 2.05) is 6.07 Å². The van der Waals surface area contributed by atoms with Gasteiger partial charge in [0, 0.05) is 37.6 Å². The van der Waals surface area contributed by atoms with Crippen molar-refractivity contribution >= 4 is 16.8 Å². The first kappa shape index (κ1) is 20.8. The molecular weight excluding hydrogens is 404 g/mol. The van der Waals surface area contributed by atoms with Crippen molar-refractivity contribution in [3.8, 4) is 11.5 Å². The van der Waals surface area contributed by atoms with Crippen LogP contribution in [0.25, 0.3) is 10.9 Å². The number of aromatic nitrogens is 2. The van der Waals surface area contributed by atoms with Crippen LogP contribution in [-0.4, -0.2) is 57.3 Å². The molecule has 5 rings (SSSR count). The van der Waals surface area contributed by atoms with Crippen molar-refractivity contribution in [2.75, 3.05) is 20.1 Å². The Hall–Kier alpha value is -3.06. The van der Waals surface area contributed by atoms with Gasteiger partial charge in [-0.3, -0.25) is 9.89 Å².